The maximum atomic E-state index is 11.3. The van der Waals surface area contributed by atoms with Crippen LogP contribution in [0.5, 0.6) is 0 Å². The fourth-order valence-corrected chi connectivity index (χ4v) is 1.41. The molecule has 1 aliphatic heterocycles. The van der Waals surface area contributed by atoms with E-state index < -0.39 is 0 Å². The Bertz CT molecular complexity index is 336. The Morgan fingerprint density at radius 3 is 3.14 bits per heavy atom. The van der Waals surface area contributed by atoms with Crippen molar-refractivity contribution in [3.8, 4) is 0 Å². The first-order valence-corrected chi connectivity index (χ1v) is 4.57. The number of hydrogen-bond donors (Lipinski definition) is 1. The van der Waals surface area contributed by atoms with Gasteiger partial charge in [0.25, 0.3) is 0 Å². The molecule has 6 heteroatoms. The van der Waals surface area contributed by atoms with E-state index in [4.69, 9.17) is 4.52 Å². The average Bonchev–Trinajstić information content (AvgIpc) is 2.56. The van der Waals surface area contributed by atoms with Crippen molar-refractivity contribution < 1.29 is 9.32 Å². The minimum Gasteiger partial charge on any atom is -0.340 e. The number of carbonyl (C=O) groups excluding carboxylic acids is 1. The van der Waals surface area contributed by atoms with Crippen LogP contribution in [0.15, 0.2) is 4.52 Å². The highest BCUT2D eigenvalue weighted by Crippen LogP contribution is 2.05. The van der Waals surface area contributed by atoms with Gasteiger partial charge in [-0.2, -0.15) is 4.98 Å². The molecule has 76 valence electrons. The van der Waals surface area contributed by atoms with Gasteiger partial charge in [-0.3, -0.25) is 0 Å². The van der Waals surface area contributed by atoms with E-state index in [-0.39, 0.29) is 6.03 Å². The zero-order chi connectivity index (χ0) is 9.97. The second-order valence-corrected chi connectivity index (χ2v) is 3.24. The third-order valence-corrected chi connectivity index (χ3v) is 2.07. The molecule has 2 heterocycles. The number of rotatable bonds is 2. The standard InChI is InChI=1S/C8H12N4O2/c1-6-10-7(11-14-6)5-12-4-2-3-9-8(12)13/h2-5H2,1H3,(H,9,13). The lowest BCUT2D eigenvalue weighted by molar-refractivity contribution is 0.181. The summed E-state index contributed by atoms with van der Waals surface area (Å²) in [5.74, 6) is 1.08. The van der Waals surface area contributed by atoms with E-state index in [1.54, 1.807) is 11.8 Å². The van der Waals surface area contributed by atoms with Crippen LogP contribution in [-0.4, -0.2) is 34.2 Å². The monoisotopic (exact) mass is 196 g/mol. The number of urea groups is 1. The molecular weight excluding hydrogens is 184 g/mol. The minimum atomic E-state index is -0.0568. The van der Waals surface area contributed by atoms with Gasteiger partial charge in [0.15, 0.2) is 5.82 Å². The first kappa shape index (κ1) is 8.98. The van der Waals surface area contributed by atoms with Crippen molar-refractivity contribution in [1.82, 2.24) is 20.4 Å². The zero-order valence-electron chi connectivity index (χ0n) is 7.99. The molecular formula is C8H12N4O2. The number of carbonyl (C=O) groups is 1. The van der Waals surface area contributed by atoms with Crippen LogP contribution in [0.4, 0.5) is 4.79 Å². The smallest absolute Gasteiger partial charge is 0.317 e. The number of amides is 2. The second-order valence-electron chi connectivity index (χ2n) is 3.24. The number of hydrogen-bond acceptors (Lipinski definition) is 4. The van der Waals surface area contributed by atoms with Crippen molar-refractivity contribution in [1.29, 1.82) is 0 Å². The van der Waals surface area contributed by atoms with Crippen LogP contribution in [0.25, 0.3) is 0 Å². The first-order valence-electron chi connectivity index (χ1n) is 4.57. The average molecular weight is 196 g/mol. The van der Waals surface area contributed by atoms with Crippen molar-refractivity contribution in [3.63, 3.8) is 0 Å². The Kier molecular flexibility index (Phi) is 2.34. The van der Waals surface area contributed by atoms with Crippen molar-refractivity contribution in [2.24, 2.45) is 0 Å². The molecule has 0 unspecified atom stereocenters. The maximum absolute atomic E-state index is 11.3. The topological polar surface area (TPSA) is 71.3 Å². The van der Waals surface area contributed by atoms with Crippen molar-refractivity contribution in [2.45, 2.75) is 19.9 Å². The van der Waals surface area contributed by atoms with Gasteiger partial charge in [-0.25, -0.2) is 4.79 Å². The van der Waals surface area contributed by atoms with Gasteiger partial charge in [-0.15, -0.1) is 0 Å². The molecule has 2 amide bonds. The van der Waals surface area contributed by atoms with E-state index in [2.05, 4.69) is 15.5 Å². The molecule has 1 aliphatic rings. The Hall–Kier alpha value is -1.59. The summed E-state index contributed by atoms with van der Waals surface area (Å²) in [5, 5.41) is 6.50. The highest BCUT2D eigenvalue weighted by Gasteiger charge is 2.19. The van der Waals surface area contributed by atoms with Crippen molar-refractivity contribution >= 4 is 6.03 Å². The molecule has 1 fully saturated rings. The van der Waals surface area contributed by atoms with Gasteiger partial charge in [-0.1, -0.05) is 5.16 Å². The predicted molar refractivity (Wildman–Crippen MR) is 47.5 cm³/mol. The number of aromatic nitrogens is 2. The van der Waals surface area contributed by atoms with Crippen LogP contribution in [0.3, 0.4) is 0 Å². The summed E-state index contributed by atoms with van der Waals surface area (Å²) in [7, 11) is 0. The first-order chi connectivity index (χ1) is 6.75. The fourth-order valence-electron chi connectivity index (χ4n) is 1.41. The Balaban J connectivity index is 1.99. The molecule has 2 rings (SSSR count). The van der Waals surface area contributed by atoms with Crippen LogP contribution in [-0.2, 0) is 6.54 Å². The van der Waals surface area contributed by atoms with E-state index in [0.29, 0.717) is 18.3 Å². The van der Waals surface area contributed by atoms with Crippen LogP contribution < -0.4 is 5.32 Å². The highest BCUT2D eigenvalue weighted by atomic mass is 16.5. The lowest BCUT2D eigenvalue weighted by Crippen LogP contribution is -2.45. The lowest BCUT2D eigenvalue weighted by Gasteiger charge is -2.25. The van der Waals surface area contributed by atoms with E-state index in [1.807, 2.05) is 0 Å². The third-order valence-electron chi connectivity index (χ3n) is 2.07. The van der Waals surface area contributed by atoms with Gasteiger partial charge in [0.1, 0.15) is 0 Å². The summed E-state index contributed by atoms with van der Waals surface area (Å²) in [6.45, 7) is 3.65. The summed E-state index contributed by atoms with van der Waals surface area (Å²) >= 11 is 0. The molecule has 14 heavy (non-hydrogen) atoms. The molecule has 0 aliphatic carbocycles. The maximum Gasteiger partial charge on any atom is 0.317 e. The van der Waals surface area contributed by atoms with E-state index >= 15 is 0 Å². The molecule has 0 saturated carbocycles. The van der Waals surface area contributed by atoms with Gasteiger partial charge < -0.3 is 14.7 Å². The van der Waals surface area contributed by atoms with Crippen LogP contribution in [0, 0.1) is 6.92 Å². The third kappa shape index (κ3) is 1.84. The molecule has 1 aromatic rings. The molecule has 0 spiro atoms. The van der Waals surface area contributed by atoms with Gasteiger partial charge in [0, 0.05) is 20.0 Å². The van der Waals surface area contributed by atoms with E-state index in [1.165, 1.54) is 0 Å². The molecule has 0 bridgehead atoms. The summed E-state index contributed by atoms with van der Waals surface area (Å²) in [6.07, 6.45) is 0.961. The largest absolute Gasteiger partial charge is 0.340 e. The van der Waals surface area contributed by atoms with E-state index in [0.717, 1.165) is 19.5 Å². The lowest BCUT2D eigenvalue weighted by atomic mass is 10.3. The Morgan fingerprint density at radius 1 is 1.64 bits per heavy atom. The van der Waals surface area contributed by atoms with Gasteiger partial charge in [-0.05, 0) is 6.42 Å². The van der Waals surface area contributed by atoms with Gasteiger partial charge in [0.2, 0.25) is 5.89 Å². The Labute approximate surface area is 81.3 Å². The fraction of sp³-hybridized carbons (Fsp3) is 0.625. The van der Waals surface area contributed by atoms with Crippen molar-refractivity contribution in [3.05, 3.63) is 11.7 Å². The Morgan fingerprint density at radius 2 is 2.50 bits per heavy atom. The van der Waals surface area contributed by atoms with Crippen LogP contribution in [0.2, 0.25) is 0 Å². The second kappa shape index (κ2) is 3.65. The number of nitrogens with one attached hydrogen (secondary N) is 1. The normalized spacial score (nSPS) is 16.9. The molecule has 0 radical (unpaired) electrons. The summed E-state index contributed by atoms with van der Waals surface area (Å²) in [6, 6.07) is -0.0568. The SMILES string of the molecule is Cc1nc(CN2CCCNC2=O)no1. The number of aryl methyl sites for hydroxylation is 1. The quantitative estimate of drug-likeness (QED) is 0.738. The van der Waals surface area contributed by atoms with E-state index in [9.17, 15) is 4.79 Å². The predicted octanol–water partition coefficient (Wildman–Crippen LogP) is 0.293. The summed E-state index contributed by atoms with van der Waals surface area (Å²) in [5.41, 5.74) is 0. The summed E-state index contributed by atoms with van der Waals surface area (Å²) < 4.78 is 4.82. The molecule has 1 saturated heterocycles. The molecule has 0 aromatic carbocycles. The minimum absolute atomic E-state index is 0.0568. The molecule has 1 aromatic heterocycles. The molecule has 6 nitrogen and oxygen atoms in total. The molecule has 0 atom stereocenters. The van der Waals surface area contributed by atoms with Crippen LogP contribution in [0.1, 0.15) is 18.1 Å². The van der Waals surface area contributed by atoms with Gasteiger partial charge in [0.05, 0.1) is 6.54 Å². The van der Waals surface area contributed by atoms with Crippen molar-refractivity contribution in [2.75, 3.05) is 13.1 Å². The summed E-state index contributed by atoms with van der Waals surface area (Å²) in [4.78, 5) is 17.0. The number of nitrogens with zero attached hydrogens (tertiary/aromatic N) is 3. The molecule has 1 N–H and O–H groups in total. The van der Waals surface area contributed by atoms with Crippen LogP contribution >= 0.6 is 0 Å². The zero-order valence-corrected chi connectivity index (χ0v) is 7.99. The highest BCUT2D eigenvalue weighted by molar-refractivity contribution is 5.74. The van der Waals surface area contributed by atoms with Gasteiger partial charge >= 0.3 is 6.03 Å².